The van der Waals surface area contributed by atoms with Crippen molar-refractivity contribution in [1.82, 2.24) is 24.5 Å². The van der Waals surface area contributed by atoms with Crippen LogP contribution in [0.3, 0.4) is 0 Å². The first-order valence-corrected chi connectivity index (χ1v) is 11.9. The Morgan fingerprint density at radius 2 is 1.91 bits per heavy atom. The van der Waals surface area contributed by atoms with Crippen molar-refractivity contribution >= 4 is 25.4 Å². The maximum atomic E-state index is 13.7. The normalized spacial score (nSPS) is 26.6. The molecule has 3 unspecified atom stereocenters. The molecule has 0 spiro atoms. The van der Waals surface area contributed by atoms with Gasteiger partial charge in [-0.05, 0) is 43.8 Å². The number of halogens is 3. The summed E-state index contributed by atoms with van der Waals surface area (Å²) < 4.78 is 42.6. The number of hydrogen-bond acceptors (Lipinski definition) is 4. The van der Waals surface area contributed by atoms with Gasteiger partial charge in [-0.2, -0.15) is 13.2 Å². The average molecular weight is 475 g/mol. The smallest absolute Gasteiger partial charge is 0.367 e. The molecule has 0 aromatic carbocycles. The summed E-state index contributed by atoms with van der Waals surface area (Å²) in [5.74, 6) is -0.420. The number of aromatic nitrogens is 2. The van der Waals surface area contributed by atoms with Crippen LogP contribution in [-0.2, 0) is 11.0 Å². The van der Waals surface area contributed by atoms with Crippen LogP contribution in [0.2, 0.25) is 0 Å². The summed E-state index contributed by atoms with van der Waals surface area (Å²) in [6.45, 7) is 7.62. The van der Waals surface area contributed by atoms with Gasteiger partial charge in [-0.3, -0.25) is 4.79 Å². The van der Waals surface area contributed by atoms with Crippen LogP contribution in [0.1, 0.15) is 30.7 Å². The molecule has 2 aromatic rings. The molecule has 10 heteroatoms. The zero-order valence-corrected chi connectivity index (χ0v) is 19.5. The first-order valence-electron chi connectivity index (χ1n) is 10.9. The number of allylic oxidation sites excluding steroid dienone is 1. The average Bonchev–Trinajstić information content (AvgIpc) is 3.11. The van der Waals surface area contributed by atoms with Gasteiger partial charge in [-0.15, -0.1) is 0 Å². The number of carbonyl (C=O) groups is 1. The number of alkyl halides is 3. The van der Waals surface area contributed by atoms with Gasteiger partial charge >= 0.3 is 6.18 Å². The summed E-state index contributed by atoms with van der Waals surface area (Å²) in [6.07, 6.45) is 6.02. The van der Waals surface area contributed by atoms with Crippen molar-refractivity contribution in [3.05, 3.63) is 65.4 Å². The zero-order valence-electron chi connectivity index (χ0n) is 18.5. The van der Waals surface area contributed by atoms with E-state index in [-0.39, 0.29) is 25.9 Å². The van der Waals surface area contributed by atoms with Crippen LogP contribution in [0.5, 0.6) is 0 Å². The molecule has 2 aromatic heterocycles. The van der Waals surface area contributed by atoms with E-state index in [9.17, 15) is 18.0 Å². The number of aryl methyl sites for hydroxylation is 1. The summed E-state index contributed by atoms with van der Waals surface area (Å²) in [4.78, 5) is 21.0. The number of fused-ring (bicyclic) bond motifs is 2. The van der Waals surface area contributed by atoms with E-state index in [1.165, 1.54) is 10.5 Å². The molecule has 0 radical (unpaired) electrons. The van der Waals surface area contributed by atoms with Gasteiger partial charge in [-0.25, -0.2) is 4.98 Å². The minimum absolute atomic E-state index is 0.124. The van der Waals surface area contributed by atoms with Crippen LogP contribution < -0.4 is 5.32 Å². The molecule has 3 aliphatic heterocycles. The number of carbonyl (C=O) groups excluding carboxylic acids is 1. The largest absolute Gasteiger partial charge is 0.420 e. The molecule has 1 N–H and O–H groups in total. The van der Waals surface area contributed by atoms with Gasteiger partial charge in [0.15, 0.2) is 0 Å². The Hall–Kier alpha value is -2.64. The minimum atomic E-state index is -4.54. The summed E-state index contributed by atoms with van der Waals surface area (Å²) in [7, 11) is 0.135. The first kappa shape index (κ1) is 22.2. The highest BCUT2D eigenvalue weighted by atomic mass is 31.1. The van der Waals surface area contributed by atoms with Crippen molar-refractivity contribution in [1.29, 1.82) is 0 Å². The van der Waals surface area contributed by atoms with Gasteiger partial charge in [0, 0.05) is 49.8 Å². The maximum absolute atomic E-state index is 13.7. The van der Waals surface area contributed by atoms with Gasteiger partial charge in [0.25, 0.3) is 5.91 Å². The lowest BCUT2D eigenvalue weighted by Crippen LogP contribution is -2.54. The van der Waals surface area contributed by atoms with Crippen molar-refractivity contribution in [2.75, 3.05) is 13.1 Å². The number of pyridine rings is 1. The highest BCUT2D eigenvalue weighted by Crippen LogP contribution is 2.46. The molecule has 5 heterocycles. The zero-order chi connectivity index (χ0) is 23.5. The number of piperazine rings is 1. The Labute approximate surface area is 191 Å². The number of amides is 1. The van der Waals surface area contributed by atoms with E-state index >= 15 is 0 Å². The third-order valence-corrected chi connectivity index (χ3v) is 7.57. The molecule has 1 amide bonds. The van der Waals surface area contributed by atoms with Crippen molar-refractivity contribution < 1.29 is 18.0 Å². The molecule has 33 heavy (non-hydrogen) atoms. The monoisotopic (exact) mass is 475 g/mol. The molecule has 1 fully saturated rings. The van der Waals surface area contributed by atoms with Crippen LogP contribution in [0.15, 0.2) is 48.6 Å². The van der Waals surface area contributed by atoms with Gasteiger partial charge < -0.3 is 19.5 Å². The van der Waals surface area contributed by atoms with Crippen LogP contribution in [0.4, 0.5) is 13.2 Å². The summed E-state index contributed by atoms with van der Waals surface area (Å²) in [5, 5.41) is 4.11. The SMILES string of the molecule is Cc1cn2cc(C3=CC(=O)N4C=C(N5CC(C)N[C@@H](C)C5)C=CC4P3)cc(C(F)(F)F)c2n1. The predicted octanol–water partition coefficient (Wildman–Crippen LogP) is 3.94. The molecule has 3 aliphatic rings. The van der Waals surface area contributed by atoms with E-state index < -0.39 is 11.7 Å². The Balaban J connectivity index is 1.47. The number of hydrogen-bond donors (Lipinski definition) is 1. The van der Waals surface area contributed by atoms with Gasteiger partial charge in [0.2, 0.25) is 0 Å². The summed E-state index contributed by atoms with van der Waals surface area (Å²) in [6, 6.07) is 1.80. The third kappa shape index (κ3) is 4.20. The molecule has 174 valence electrons. The Bertz CT molecular complexity index is 1200. The second-order valence-electron chi connectivity index (χ2n) is 8.93. The van der Waals surface area contributed by atoms with E-state index in [1.54, 1.807) is 24.2 Å². The lowest BCUT2D eigenvalue weighted by Gasteiger charge is -2.41. The lowest BCUT2D eigenvalue weighted by molar-refractivity contribution is -0.136. The molecule has 1 saturated heterocycles. The standard InChI is InChI=1S/C23H25F3N5OP/c1-13-8-29(9-14(2)27-13)17-4-5-21-31(12-17)20(32)7-19(33-21)16-6-18(23(24,25)26)22-28-15(3)10-30(22)11-16/h4-7,10-14,21,27,33H,8-9H2,1-3H3/t13-,14?,21?/m0/s1. The molecular weight excluding hydrogens is 450 g/mol. The van der Waals surface area contributed by atoms with Gasteiger partial charge in [0.1, 0.15) is 5.65 Å². The van der Waals surface area contributed by atoms with Crippen LogP contribution in [-0.4, -0.2) is 56.0 Å². The molecule has 0 bridgehead atoms. The van der Waals surface area contributed by atoms with Gasteiger partial charge in [-0.1, -0.05) is 14.7 Å². The van der Waals surface area contributed by atoms with Crippen LogP contribution in [0.25, 0.3) is 11.0 Å². The predicted molar refractivity (Wildman–Crippen MR) is 123 cm³/mol. The highest BCUT2D eigenvalue weighted by molar-refractivity contribution is 7.51. The summed E-state index contributed by atoms with van der Waals surface area (Å²) >= 11 is 0. The molecule has 0 aliphatic carbocycles. The fourth-order valence-corrected chi connectivity index (χ4v) is 6.10. The second-order valence-corrected chi connectivity index (χ2v) is 10.4. The number of imidazole rings is 1. The Morgan fingerprint density at radius 3 is 2.61 bits per heavy atom. The first-order chi connectivity index (χ1) is 15.6. The summed E-state index contributed by atoms with van der Waals surface area (Å²) in [5.41, 5.74) is 0.963. The minimum Gasteiger partial charge on any atom is -0.367 e. The Kier molecular flexibility index (Phi) is 5.37. The maximum Gasteiger partial charge on any atom is 0.420 e. The van der Waals surface area contributed by atoms with E-state index in [1.807, 2.05) is 18.4 Å². The van der Waals surface area contributed by atoms with E-state index in [0.717, 1.165) is 24.9 Å². The molecular formula is C23H25F3N5OP. The van der Waals surface area contributed by atoms with Crippen molar-refractivity contribution in [3.8, 4) is 0 Å². The Morgan fingerprint density at radius 1 is 1.18 bits per heavy atom. The number of nitrogens with one attached hydrogen (secondary N) is 1. The fraction of sp³-hybridized carbons (Fsp3) is 0.391. The van der Waals surface area contributed by atoms with Crippen LogP contribution in [0, 0.1) is 6.92 Å². The quantitative estimate of drug-likeness (QED) is 0.669. The molecule has 0 saturated carbocycles. The topological polar surface area (TPSA) is 52.9 Å². The van der Waals surface area contributed by atoms with Crippen molar-refractivity contribution in [2.24, 2.45) is 0 Å². The number of rotatable bonds is 2. The fourth-order valence-electron chi connectivity index (χ4n) is 4.73. The highest BCUT2D eigenvalue weighted by Gasteiger charge is 2.36. The second kappa shape index (κ2) is 7.99. The third-order valence-electron chi connectivity index (χ3n) is 6.06. The number of nitrogens with zero attached hydrogens (tertiary/aromatic N) is 4. The van der Waals surface area contributed by atoms with Crippen molar-refractivity contribution in [2.45, 2.75) is 44.8 Å². The molecule has 4 atom stereocenters. The van der Waals surface area contributed by atoms with E-state index in [0.29, 0.717) is 28.7 Å². The molecule has 6 nitrogen and oxygen atoms in total. The van der Waals surface area contributed by atoms with Crippen LogP contribution >= 0.6 is 8.58 Å². The van der Waals surface area contributed by atoms with E-state index in [4.69, 9.17) is 0 Å². The van der Waals surface area contributed by atoms with E-state index in [2.05, 4.69) is 29.0 Å². The molecule has 5 rings (SSSR count). The lowest BCUT2D eigenvalue weighted by atomic mass is 10.1. The van der Waals surface area contributed by atoms with Crippen molar-refractivity contribution in [3.63, 3.8) is 0 Å². The van der Waals surface area contributed by atoms with Gasteiger partial charge in [0.05, 0.1) is 22.7 Å².